The summed E-state index contributed by atoms with van der Waals surface area (Å²) in [7, 11) is 0. The van der Waals surface area contributed by atoms with E-state index in [1.807, 2.05) is 30.0 Å². The van der Waals surface area contributed by atoms with Crippen molar-refractivity contribution in [3.63, 3.8) is 0 Å². The molecule has 0 bridgehead atoms. The van der Waals surface area contributed by atoms with Crippen molar-refractivity contribution in [2.75, 3.05) is 31.1 Å². The fourth-order valence-electron chi connectivity index (χ4n) is 2.27. The third-order valence-corrected chi connectivity index (χ3v) is 4.10. The largest absolute Gasteiger partial charge is 0.368 e. The zero-order chi connectivity index (χ0) is 13.8. The van der Waals surface area contributed by atoms with Crippen LogP contribution in [0.4, 0.5) is 5.69 Å². The van der Waals surface area contributed by atoms with Crippen LogP contribution in [-0.4, -0.2) is 37.0 Å². The Balaban J connectivity index is 1.96. The van der Waals surface area contributed by atoms with Crippen LogP contribution in [-0.2, 0) is 4.79 Å². The van der Waals surface area contributed by atoms with Crippen LogP contribution in [0.3, 0.4) is 0 Å². The topological polar surface area (TPSA) is 23.6 Å². The Morgan fingerprint density at radius 3 is 2.42 bits per heavy atom. The van der Waals surface area contributed by atoms with Gasteiger partial charge < -0.3 is 9.80 Å². The first kappa shape index (κ1) is 14.5. The van der Waals surface area contributed by atoms with Crippen LogP contribution >= 0.6 is 23.2 Å². The van der Waals surface area contributed by atoms with Crippen LogP contribution in [0, 0.1) is 0 Å². The molecule has 0 unspecified atom stereocenters. The summed E-state index contributed by atoms with van der Waals surface area (Å²) in [6.45, 7) is 5.27. The molecule has 0 aromatic heterocycles. The van der Waals surface area contributed by atoms with E-state index in [4.69, 9.17) is 23.2 Å². The first-order chi connectivity index (χ1) is 9.11. The van der Waals surface area contributed by atoms with Crippen molar-refractivity contribution in [3.8, 4) is 0 Å². The van der Waals surface area contributed by atoms with Crippen molar-refractivity contribution < 1.29 is 4.79 Å². The van der Waals surface area contributed by atoms with E-state index in [0.29, 0.717) is 16.5 Å². The Morgan fingerprint density at radius 1 is 1.16 bits per heavy atom. The van der Waals surface area contributed by atoms with Crippen LogP contribution < -0.4 is 4.90 Å². The molecular weight excluding hydrogens is 283 g/mol. The number of piperazine rings is 1. The summed E-state index contributed by atoms with van der Waals surface area (Å²) in [4.78, 5) is 16.0. The first-order valence-corrected chi connectivity index (χ1v) is 7.35. The highest BCUT2D eigenvalue weighted by molar-refractivity contribution is 6.42. The van der Waals surface area contributed by atoms with E-state index in [1.165, 1.54) is 0 Å². The average molecular weight is 301 g/mol. The van der Waals surface area contributed by atoms with Crippen molar-refractivity contribution in [1.82, 2.24) is 4.90 Å². The van der Waals surface area contributed by atoms with E-state index in [9.17, 15) is 4.79 Å². The fourth-order valence-corrected chi connectivity index (χ4v) is 2.56. The molecule has 1 aliphatic rings. The van der Waals surface area contributed by atoms with Crippen LogP contribution in [0.5, 0.6) is 0 Å². The van der Waals surface area contributed by atoms with Gasteiger partial charge in [0, 0.05) is 38.3 Å². The number of rotatable bonds is 3. The number of amides is 1. The highest BCUT2D eigenvalue weighted by Gasteiger charge is 2.20. The monoisotopic (exact) mass is 300 g/mol. The van der Waals surface area contributed by atoms with Crippen LogP contribution in [0.2, 0.25) is 10.0 Å². The third kappa shape index (κ3) is 3.54. The summed E-state index contributed by atoms with van der Waals surface area (Å²) in [5.41, 5.74) is 1.07. The number of halogens is 2. The lowest BCUT2D eigenvalue weighted by Gasteiger charge is -2.36. The summed E-state index contributed by atoms with van der Waals surface area (Å²) in [6.07, 6.45) is 1.55. The quantitative estimate of drug-likeness (QED) is 0.854. The Bertz CT molecular complexity index is 457. The minimum atomic E-state index is 0.260. The van der Waals surface area contributed by atoms with Gasteiger partial charge in [0.05, 0.1) is 10.0 Å². The summed E-state index contributed by atoms with van der Waals surface area (Å²) in [5.74, 6) is 0.260. The lowest BCUT2D eigenvalue weighted by Crippen LogP contribution is -2.48. The molecule has 1 amide bonds. The van der Waals surface area contributed by atoms with Gasteiger partial charge in [-0.05, 0) is 24.6 Å². The minimum absolute atomic E-state index is 0.260. The molecule has 104 valence electrons. The fraction of sp³-hybridized carbons (Fsp3) is 0.500. The zero-order valence-corrected chi connectivity index (χ0v) is 12.5. The molecule has 1 fully saturated rings. The van der Waals surface area contributed by atoms with Crippen molar-refractivity contribution in [2.24, 2.45) is 0 Å². The molecule has 2 rings (SSSR count). The van der Waals surface area contributed by atoms with Gasteiger partial charge in [0.2, 0.25) is 5.91 Å². The van der Waals surface area contributed by atoms with Gasteiger partial charge in [-0.3, -0.25) is 4.79 Å². The standard InChI is InChI=1S/C14H18Cl2N2O/c1-2-3-14(19)18-8-6-17(7-9-18)11-4-5-12(15)13(16)10-11/h4-5,10H,2-3,6-9H2,1H3. The Kier molecular flexibility index (Phi) is 4.94. The lowest BCUT2D eigenvalue weighted by molar-refractivity contribution is -0.131. The van der Waals surface area contributed by atoms with Gasteiger partial charge in [-0.15, -0.1) is 0 Å². The molecular formula is C14H18Cl2N2O. The number of carbonyl (C=O) groups is 1. The van der Waals surface area contributed by atoms with E-state index >= 15 is 0 Å². The Morgan fingerprint density at radius 2 is 1.84 bits per heavy atom. The smallest absolute Gasteiger partial charge is 0.222 e. The van der Waals surface area contributed by atoms with Gasteiger partial charge in [0.1, 0.15) is 0 Å². The highest BCUT2D eigenvalue weighted by Crippen LogP contribution is 2.27. The van der Waals surface area contributed by atoms with E-state index in [0.717, 1.165) is 38.3 Å². The molecule has 0 aliphatic carbocycles. The molecule has 0 radical (unpaired) electrons. The third-order valence-electron chi connectivity index (χ3n) is 3.36. The number of hydrogen-bond acceptors (Lipinski definition) is 2. The van der Waals surface area contributed by atoms with Gasteiger partial charge >= 0.3 is 0 Å². The summed E-state index contributed by atoms with van der Waals surface area (Å²) in [5, 5.41) is 1.14. The van der Waals surface area contributed by atoms with Gasteiger partial charge in [0.15, 0.2) is 0 Å². The van der Waals surface area contributed by atoms with Crippen molar-refractivity contribution in [2.45, 2.75) is 19.8 Å². The molecule has 1 saturated heterocycles. The molecule has 0 saturated carbocycles. The molecule has 5 heteroatoms. The second-order valence-electron chi connectivity index (χ2n) is 4.72. The molecule has 1 heterocycles. The molecule has 3 nitrogen and oxygen atoms in total. The average Bonchev–Trinajstić information content (AvgIpc) is 2.42. The molecule has 0 spiro atoms. The maximum absolute atomic E-state index is 11.8. The first-order valence-electron chi connectivity index (χ1n) is 6.59. The molecule has 1 aliphatic heterocycles. The number of benzene rings is 1. The maximum atomic E-state index is 11.8. The normalized spacial score (nSPS) is 15.7. The Hall–Kier alpha value is -0.930. The lowest BCUT2D eigenvalue weighted by atomic mass is 10.2. The number of anilines is 1. The maximum Gasteiger partial charge on any atom is 0.222 e. The van der Waals surface area contributed by atoms with E-state index in [1.54, 1.807) is 0 Å². The highest BCUT2D eigenvalue weighted by atomic mass is 35.5. The second-order valence-corrected chi connectivity index (χ2v) is 5.53. The van der Waals surface area contributed by atoms with Crippen LogP contribution in [0.15, 0.2) is 18.2 Å². The van der Waals surface area contributed by atoms with Crippen molar-refractivity contribution >= 4 is 34.8 Å². The number of nitrogens with zero attached hydrogens (tertiary/aromatic N) is 2. The number of hydrogen-bond donors (Lipinski definition) is 0. The molecule has 0 atom stereocenters. The van der Waals surface area contributed by atoms with Crippen LogP contribution in [0.25, 0.3) is 0 Å². The van der Waals surface area contributed by atoms with Gasteiger partial charge in [0.25, 0.3) is 0 Å². The predicted molar refractivity (Wildman–Crippen MR) is 80.2 cm³/mol. The minimum Gasteiger partial charge on any atom is -0.368 e. The zero-order valence-electron chi connectivity index (χ0n) is 11.0. The molecule has 0 N–H and O–H groups in total. The molecule has 1 aromatic rings. The summed E-state index contributed by atoms with van der Waals surface area (Å²) < 4.78 is 0. The number of carbonyl (C=O) groups excluding carboxylic acids is 1. The van der Waals surface area contributed by atoms with Gasteiger partial charge in [-0.2, -0.15) is 0 Å². The van der Waals surface area contributed by atoms with E-state index < -0.39 is 0 Å². The van der Waals surface area contributed by atoms with Gasteiger partial charge in [-0.25, -0.2) is 0 Å². The summed E-state index contributed by atoms with van der Waals surface area (Å²) >= 11 is 11.9. The Labute approximate surface area is 124 Å². The van der Waals surface area contributed by atoms with Crippen molar-refractivity contribution in [3.05, 3.63) is 28.2 Å². The van der Waals surface area contributed by atoms with Crippen LogP contribution in [0.1, 0.15) is 19.8 Å². The van der Waals surface area contributed by atoms with Crippen molar-refractivity contribution in [1.29, 1.82) is 0 Å². The SMILES string of the molecule is CCCC(=O)N1CCN(c2ccc(Cl)c(Cl)c2)CC1. The van der Waals surface area contributed by atoms with E-state index in [-0.39, 0.29) is 5.91 Å². The predicted octanol–water partition coefficient (Wildman–Crippen LogP) is 3.44. The van der Waals surface area contributed by atoms with E-state index in [2.05, 4.69) is 4.90 Å². The second kappa shape index (κ2) is 6.49. The molecule has 19 heavy (non-hydrogen) atoms. The molecule has 1 aromatic carbocycles. The summed E-state index contributed by atoms with van der Waals surface area (Å²) in [6, 6.07) is 5.67. The van der Waals surface area contributed by atoms with Gasteiger partial charge in [-0.1, -0.05) is 30.1 Å².